The Balaban J connectivity index is 2.22. The van der Waals surface area contributed by atoms with Crippen molar-refractivity contribution < 1.29 is 0 Å². The first-order chi connectivity index (χ1) is 8.75. The smallest absolute Gasteiger partial charge is 0.0721 e. The lowest BCUT2D eigenvalue weighted by molar-refractivity contribution is 0.610. The third-order valence-corrected chi connectivity index (χ3v) is 4.58. The standard InChI is InChI=1S/C15H15BrClN/c16-10-7-8-14-12(9-10)15(17)11-5-3-1-2-4-6-13(11)18-14/h7-9H,1-6H2. The van der Waals surface area contributed by atoms with Crippen molar-refractivity contribution in [2.24, 2.45) is 0 Å². The lowest BCUT2D eigenvalue weighted by atomic mass is 9.96. The van der Waals surface area contributed by atoms with Crippen molar-refractivity contribution in [1.29, 1.82) is 0 Å². The molecule has 0 saturated heterocycles. The first kappa shape index (κ1) is 12.4. The van der Waals surface area contributed by atoms with Gasteiger partial charge < -0.3 is 0 Å². The minimum atomic E-state index is 0.915. The molecule has 0 unspecified atom stereocenters. The number of benzene rings is 1. The Hall–Kier alpha value is -0.600. The molecule has 3 rings (SSSR count). The quantitative estimate of drug-likeness (QED) is 0.640. The number of nitrogens with zero attached hydrogens (tertiary/aromatic N) is 1. The summed E-state index contributed by atoms with van der Waals surface area (Å²) >= 11 is 10.1. The van der Waals surface area contributed by atoms with Crippen molar-refractivity contribution in [2.45, 2.75) is 38.5 Å². The molecule has 0 spiro atoms. The second-order valence-corrected chi connectivity index (χ2v) is 6.22. The van der Waals surface area contributed by atoms with E-state index in [4.69, 9.17) is 16.6 Å². The Morgan fingerprint density at radius 2 is 1.83 bits per heavy atom. The summed E-state index contributed by atoms with van der Waals surface area (Å²) in [5.41, 5.74) is 3.51. The van der Waals surface area contributed by atoms with E-state index in [9.17, 15) is 0 Å². The normalized spacial score (nSPS) is 16.1. The highest BCUT2D eigenvalue weighted by molar-refractivity contribution is 9.10. The molecule has 0 atom stereocenters. The van der Waals surface area contributed by atoms with Gasteiger partial charge in [-0.2, -0.15) is 0 Å². The van der Waals surface area contributed by atoms with Gasteiger partial charge in [-0.1, -0.05) is 40.4 Å². The van der Waals surface area contributed by atoms with Crippen molar-refractivity contribution in [3.05, 3.63) is 39.0 Å². The number of pyridine rings is 1. The van der Waals surface area contributed by atoms with E-state index in [1.165, 1.54) is 36.9 Å². The minimum absolute atomic E-state index is 0.915. The van der Waals surface area contributed by atoms with E-state index in [2.05, 4.69) is 22.0 Å². The van der Waals surface area contributed by atoms with Gasteiger partial charge in [0.15, 0.2) is 0 Å². The molecular formula is C15H15BrClN. The summed E-state index contributed by atoms with van der Waals surface area (Å²) in [6.07, 6.45) is 7.24. The molecule has 0 N–H and O–H groups in total. The van der Waals surface area contributed by atoms with Crippen LogP contribution in [0.5, 0.6) is 0 Å². The average Bonchev–Trinajstić information content (AvgIpc) is 2.33. The van der Waals surface area contributed by atoms with Gasteiger partial charge in [0.2, 0.25) is 0 Å². The Morgan fingerprint density at radius 1 is 1.06 bits per heavy atom. The molecule has 3 heteroatoms. The van der Waals surface area contributed by atoms with Crippen LogP contribution < -0.4 is 0 Å². The summed E-state index contributed by atoms with van der Waals surface area (Å²) in [6.45, 7) is 0. The van der Waals surface area contributed by atoms with Crippen LogP contribution in [0.25, 0.3) is 10.9 Å². The van der Waals surface area contributed by atoms with Crippen molar-refractivity contribution in [3.63, 3.8) is 0 Å². The maximum absolute atomic E-state index is 6.60. The van der Waals surface area contributed by atoms with E-state index in [0.717, 1.165) is 33.2 Å². The number of aromatic nitrogens is 1. The van der Waals surface area contributed by atoms with E-state index < -0.39 is 0 Å². The summed E-state index contributed by atoms with van der Waals surface area (Å²) in [6, 6.07) is 6.15. The SMILES string of the molecule is Clc1c2c(nc3ccc(Br)cc13)CCCCCC2. The summed E-state index contributed by atoms with van der Waals surface area (Å²) in [4.78, 5) is 4.81. The maximum atomic E-state index is 6.60. The predicted molar refractivity (Wildman–Crippen MR) is 80.3 cm³/mol. The molecule has 0 fully saturated rings. The van der Waals surface area contributed by atoms with E-state index in [0.29, 0.717) is 0 Å². The zero-order valence-electron chi connectivity index (χ0n) is 10.2. The van der Waals surface area contributed by atoms with Crippen LogP contribution in [0.1, 0.15) is 36.9 Å². The fourth-order valence-electron chi connectivity index (χ4n) is 2.69. The van der Waals surface area contributed by atoms with Gasteiger partial charge in [0.05, 0.1) is 10.5 Å². The summed E-state index contributed by atoms with van der Waals surface area (Å²) in [7, 11) is 0. The number of halogens is 2. The van der Waals surface area contributed by atoms with Crippen molar-refractivity contribution in [1.82, 2.24) is 4.98 Å². The molecule has 0 saturated carbocycles. The van der Waals surface area contributed by atoms with Crippen LogP contribution in [0.4, 0.5) is 0 Å². The molecule has 1 aromatic carbocycles. The van der Waals surface area contributed by atoms with Gasteiger partial charge in [0.1, 0.15) is 0 Å². The fourth-order valence-corrected chi connectivity index (χ4v) is 3.41. The number of hydrogen-bond acceptors (Lipinski definition) is 1. The Morgan fingerprint density at radius 3 is 2.67 bits per heavy atom. The van der Waals surface area contributed by atoms with Crippen LogP contribution >= 0.6 is 27.5 Å². The van der Waals surface area contributed by atoms with Gasteiger partial charge in [-0.15, -0.1) is 0 Å². The summed E-state index contributed by atoms with van der Waals surface area (Å²) in [5.74, 6) is 0. The zero-order valence-corrected chi connectivity index (χ0v) is 12.5. The molecule has 1 aromatic heterocycles. The molecule has 18 heavy (non-hydrogen) atoms. The minimum Gasteiger partial charge on any atom is -0.252 e. The van der Waals surface area contributed by atoms with Gasteiger partial charge in [-0.25, -0.2) is 0 Å². The van der Waals surface area contributed by atoms with Crippen molar-refractivity contribution >= 4 is 38.4 Å². The molecule has 0 radical (unpaired) electrons. The molecule has 1 aliphatic rings. The lowest BCUT2D eigenvalue weighted by Crippen LogP contribution is -2.04. The van der Waals surface area contributed by atoms with Gasteiger partial charge in [0.25, 0.3) is 0 Å². The van der Waals surface area contributed by atoms with Crippen LogP contribution in [0.3, 0.4) is 0 Å². The van der Waals surface area contributed by atoms with Gasteiger partial charge in [0, 0.05) is 15.6 Å². The molecule has 2 aromatic rings. The highest BCUT2D eigenvalue weighted by atomic mass is 79.9. The predicted octanol–water partition coefficient (Wildman–Crippen LogP) is 5.31. The van der Waals surface area contributed by atoms with E-state index in [-0.39, 0.29) is 0 Å². The van der Waals surface area contributed by atoms with Crippen LogP contribution in [-0.2, 0) is 12.8 Å². The number of hydrogen-bond donors (Lipinski definition) is 0. The summed E-state index contributed by atoms with van der Waals surface area (Å²) < 4.78 is 1.06. The molecule has 1 aliphatic carbocycles. The Kier molecular flexibility index (Phi) is 3.58. The molecule has 0 amide bonds. The highest BCUT2D eigenvalue weighted by Gasteiger charge is 2.15. The lowest BCUT2D eigenvalue weighted by Gasteiger charge is -2.16. The van der Waals surface area contributed by atoms with Crippen LogP contribution in [0.15, 0.2) is 22.7 Å². The van der Waals surface area contributed by atoms with Crippen molar-refractivity contribution in [2.75, 3.05) is 0 Å². The molecule has 0 aliphatic heterocycles. The van der Waals surface area contributed by atoms with Crippen LogP contribution in [0.2, 0.25) is 5.02 Å². The molecule has 1 heterocycles. The Bertz CT molecular complexity index is 595. The maximum Gasteiger partial charge on any atom is 0.0721 e. The van der Waals surface area contributed by atoms with Crippen LogP contribution in [-0.4, -0.2) is 4.98 Å². The average molecular weight is 325 g/mol. The fraction of sp³-hybridized carbons (Fsp3) is 0.400. The van der Waals surface area contributed by atoms with Crippen molar-refractivity contribution in [3.8, 4) is 0 Å². The molecular weight excluding hydrogens is 310 g/mol. The number of fused-ring (bicyclic) bond motifs is 2. The third kappa shape index (κ3) is 2.28. The molecule has 0 bridgehead atoms. The first-order valence-corrected chi connectivity index (χ1v) is 7.69. The number of rotatable bonds is 0. The first-order valence-electron chi connectivity index (χ1n) is 6.52. The van der Waals surface area contributed by atoms with E-state index in [1.54, 1.807) is 0 Å². The van der Waals surface area contributed by atoms with Gasteiger partial charge >= 0.3 is 0 Å². The van der Waals surface area contributed by atoms with Gasteiger partial charge in [-0.05, 0) is 49.4 Å². The molecule has 94 valence electrons. The zero-order chi connectivity index (χ0) is 12.5. The highest BCUT2D eigenvalue weighted by Crippen LogP contribution is 2.33. The topological polar surface area (TPSA) is 12.9 Å². The largest absolute Gasteiger partial charge is 0.252 e. The Labute approximate surface area is 121 Å². The summed E-state index contributed by atoms with van der Waals surface area (Å²) in [5, 5.41) is 1.99. The van der Waals surface area contributed by atoms with Gasteiger partial charge in [-0.3, -0.25) is 4.98 Å². The van der Waals surface area contributed by atoms with E-state index in [1.807, 2.05) is 12.1 Å². The number of aryl methyl sites for hydroxylation is 1. The third-order valence-electron chi connectivity index (χ3n) is 3.65. The van der Waals surface area contributed by atoms with Crippen LogP contribution in [0, 0.1) is 0 Å². The molecule has 1 nitrogen and oxygen atoms in total. The van der Waals surface area contributed by atoms with E-state index >= 15 is 0 Å². The monoisotopic (exact) mass is 323 g/mol. The second-order valence-electron chi connectivity index (χ2n) is 4.93. The second kappa shape index (κ2) is 5.18.